The van der Waals surface area contributed by atoms with Crippen molar-refractivity contribution < 1.29 is 0 Å². The topological polar surface area (TPSA) is 24.1 Å². The molecule has 76 valence electrons. The van der Waals surface area contributed by atoms with Crippen molar-refractivity contribution in [2.24, 2.45) is 5.92 Å². The molecule has 0 heterocycles. The fourth-order valence-corrected chi connectivity index (χ4v) is 1.77. The molecule has 0 aromatic heterocycles. The van der Waals surface area contributed by atoms with Gasteiger partial charge in [-0.3, -0.25) is 0 Å². The van der Waals surface area contributed by atoms with Crippen molar-refractivity contribution in [3.05, 3.63) is 0 Å². The Kier molecular flexibility index (Phi) is 3.23. The molecule has 1 unspecified atom stereocenters. The van der Waals surface area contributed by atoms with Gasteiger partial charge in [0.2, 0.25) is 0 Å². The van der Waals surface area contributed by atoms with Crippen LogP contribution in [0, 0.1) is 5.92 Å². The van der Waals surface area contributed by atoms with Crippen LogP contribution in [0.4, 0.5) is 0 Å². The van der Waals surface area contributed by atoms with Crippen LogP contribution in [0.5, 0.6) is 0 Å². The number of hydrogen-bond donors (Lipinski definition) is 2. The first-order chi connectivity index (χ1) is 6.34. The Labute approximate surface area is 81.5 Å². The van der Waals surface area contributed by atoms with Gasteiger partial charge < -0.3 is 10.6 Å². The molecule has 2 fully saturated rings. The van der Waals surface area contributed by atoms with E-state index < -0.39 is 0 Å². The lowest BCUT2D eigenvalue weighted by atomic mass is 9.85. The second-order valence-corrected chi connectivity index (χ2v) is 4.79. The molecule has 0 aromatic rings. The van der Waals surface area contributed by atoms with Gasteiger partial charge in [-0.25, -0.2) is 0 Å². The van der Waals surface area contributed by atoms with Crippen molar-refractivity contribution in [3.63, 3.8) is 0 Å². The maximum absolute atomic E-state index is 3.61. The summed E-state index contributed by atoms with van der Waals surface area (Å²) in [7, 11) is 0. The van der Waals surface area contributed by atoms with E-state index in [1.165, 1.54) is 38.6 Å². The molecular weight excluding hydrogens is 160 g/mol. The van der Waals surface area contributed by atoms with Crippen LogP contribution in [0.3, 0.4) is 0 Å². The fraction of sp³-hybridized carbons (Fsp3) is 1.00. The molecular formula is C11H22N2. The third-order valence-electron chi connectivity index (χ3n) is 3.27. The predicted molar refractivity (Wildman–Crippen MR) is 55.8 cm³/mol. The van der Waals surface area contributed by atoms with Crippen LogP contribution in [0.25, 0.3) is 0 Å². The Balaban J connectivity index is 1.47. The molecule has 2 aliphatic carbocycles. The molecule has 0 bridgehead atoms. The molecule has 2 N–H and O–H groups in total. The molecule has 2 rings (SSSR count). The maximum Gasteiger partial charge on any atom is 0.0164 e. The number of nitrogens with one attached hydrogen (secondary N) is 2. The van der Waals surface area contributed by atoms with Crippen molar-refractivity contribution in [1.82, 2.24) is 10.6 Å². The van der Waals surface area contributed by atoms with Gasteiger partial charge in [-0.1, -0.05) is 6.42 Å². The van der Waals surface area contributed by atoms with Gasteiger partial charge in [0.05, 0.1) is 0 Å². The molecule has 2 saturated carbocycles. The summed E-state index contributed by atoms with van der Waals surface area (Å²) in [6.45, 7) is 4.68. The van der Waals surface area contributed by atoms with Crippen LogP contribution in [-0.4, -0.2) is 25.2 Å². The van der Waals surface area contributed by atoms with Crippen molar-refractivity contribution in [2.75, 3.05) is 13.1 Å². The Hall–Kier alpha value is -0.0800. The summed E-state index contributed by atoms with van der Waals surface area (Å²) in [5, 5.41) is 7.16. The zero-order chi connectivity index (χ0) is 9.10. The van der Waals surface area contributed by atoms with E-state index in [9.17, 15) is 0 Å². The van der Waals surface area contributed by atoms with Crippen LogP contribution >= 0.6 is 0 Å². The van der Waals surface area contributed by atoms with Gasteiger partial charge in [0, 0.05) is 18.6 Å². The van der Waals surface area contributed by atoms with Crippen molar-refractivity contribution >= 4 is 0 Å². The average Bonchev–Trinajstić information content (AvgIpc) is 2.80. The number of hydrogen-bond acceptors (Lipinski definition) is 2. The van der Waals surface area contributed by atoms with Gasteiger partial charge in [-0.05, 0) is 45.1 Å². The molecule has 0 radical (unpaired) electrons. The van der Waals surface area contributed by atoms with Gasteiger partial charge >= 0.3 is 0 Å². The van der Waals surface area contributed by atoms with Crippen molar-refractivity contribution in [2.45, 2.75) is 51.1 Å². The fourth-order valence-electron chi connectivity index (χ4n) is 1.77. The van der Waals surface area contributed by atoms with Crippen LogP contribution < -0.4 is 10.6 Å². The Morgan fingerprint density at radius 2 is 2.00 bits per heavy atom. The lowest BCUT2D eigenvalue weighted by Crippen LogP contribution is -2.40. The summed E-state index contributed by atoms with van der Waals surface area (Å²) in [4.78, 5) is 0. The summed E-state index contributed by atoms with van der Waals surface area (Å²) >= 11 is 0. The quantitative estimate of drug-likeness (QED) is 0.651. The third kappa shape index (κ3) is 3.28. The smallest absolute Gasteiger partial charge is 0.0164 e. The Morgan fingerprint density at radius 1 is 1.23 bits per heavy atom. The first-order valence-electron chi connectivity index (χ1n) is 5.81. The molecule has 2 aliphatic rings. The van der Waals surface area contributed by atoms with Gasteiger partial charge in [0.25, 0.3) is 0 Å². The first kappa shape index (κ1) is 9.47. The highest BCUT2D eigenvalue weighted by atomic mass is 15.0. The van der Waals surface area contributed by atoms with E-state index in [1.807, 2.05) is 0 Å². The molecule has 13 heavy (non-hydrogen) atoms. The Bertz CT molecular complexity index is 150. The first-order valence-corrected chi connectivity index (χ1v) is 5.81. The second kappa shape index (κ2) is 4.43. The maximum atomic E-state index is 3.61. The second-order valence-electron chi connectivity index (χ2n) is 4.79. The van der Waals surface area contributed by atoms with E-state index >= 15 is 0 Å². The molecule has 0 aliphatic heterocycles. The molecule has 0 aromatic carbocycles. The highest BCUT2D eigenvalue weighted by Crippen LogP contribution is 2.25. The summed E-state index contributed by atoms with van der Waals surface area (Å²) in [6.07, 6.45) is 7.16. The van der Waals surface area contributed by atoms with E-state index in [-0.39, 0.29) is 0 Å². The minimum Gasteiger partial charge on any atom is -0.313 e. The van der Waals surface area contributed by atoms with E-state index in [4.69, 9.17) is 0 Å². The van der Waals surface area contributed by atoms with E-state index in [1.54, 1.807) is 0 Å². The molecule has 1 atom stereocenters. The lowest BCUT2D eigenvalue weighted by molar-refractivity contribution is 0.290. The molecule has 2 nitrogen and oxygen atoms in total. The van der Waals surface area contributed by atoms with Crippen molar-refractivity contribution in [1.29, 1.82) is 0 Å². The number of rotatable bonds is 6. The normalized spacial score (nSPS) is 25.6. The SMILES string of the molecule is CC(CNC1CC1)NCC1CCC1. The summed E-state index contributed by atoms with van der Waals surface area (Å²) in [5.41, 5.74) is 0. The zero-order valence-corrected chi connectivity index (χ0v) is 8.68. The average molecular weight is 182 g/mol. The molecule has 2 heteroatoms. The van der Waals surface area contributed by atoms with Crippen LogP contribution in [0.1, 0.15) is 39.0 Å². The Morgan fingerprint density at radius 3 is 2.54 bits per heavy atom. The standard InChI is InChI=1S/C11H22N2/c1-9(7-13-11-5-6-11)12-8-10-3-2-4-10/h9-13H,2-8H2,1H3. The summed E-state index contributed by atoms with van der Waals surface area (Å²) in [5.74, 6) is 0.989. The van der Waals surface area contributed by atoms with Crippen LogP contribution in [-0.2, 0) is 0 Å². The molecule has 0 spiro atoms. The predicted octanol–water partition coefficient (Wildman–Crippen LogP) is 1.52. The highest BCUT2D eigenvalue weighted by molar-refractivity contribution is 4.82. The van der Waals surface area contributed by atoms with Crippen molar-refractivity contribution in [3.8, 4) is 0 Å². The van der Waals surface area contributed by atoms with Gasteiger partial charge in [-0.15, -0.1) is 0 Å². The minimum atomic E-state index is 0.654. The molecule has 0 saturated heterocycles. The minimum absolute atomic E-state index is 0.654. The summed E-state index contributed by atoms with van der Waals surface area (Å²) < 4.78 is 0. The van der Waals surface area contributed by atoms with Gasteiger partial charge in [-0.2, -0.15) is 0 Å². The van der Waals surface area contributed by atoms with Gasteiger partial charge in [0.15, 0.2) is 0 Å². The van der Waals surface area contributed by atoms with Gasteiger partial charge in [0.1, 0.15) is 0 Å². The third-order valence-corrected chi connectivity index (χ3v) is 3.27. The molecule has 0 amide bonds. The summed E-state index contributed by atoms with van der Waals surface area (Å²) in [6, 6.07) is 1.51. The van der Waals surface area contributed by atoms with E-state index in [0.717, 1.165) is 18.5 Å². The van der Waals surface area contributed by atoms with Crippen LogP contribution in [0.2, 0.25) is 0 Å². The highest BCUT2D eigenvalue weighted by Gasteiger charge is 2.21. The zero-order valence-electron chi connectivity index (χ0n) is 8.68. The van der Waals surface area contributed by atoms with E-state index in [0.29, 0.717) is 6.04 Å². The van der Waals surface area contributed by atoms with E-state index in [2.05, 4.69) is 17.6 Å². The largest absolute Gasteiger partial charge is 0.313 e. The monoisotopic (exact) mass is 182 g/mol. The lowest BCUT2D eigenvalue weighted by Gasteiger charge is -2.27. The van der Waals surface area contributed by atoms with Crippen LogP contribution in [0.15, 0.2) is 0 Å².